The van der Waals surface area contributed by atoms with E-state index in [1.54, 1.807) is 0 Å². The lowest BCUT2D eigenvalue weighted by molar-refractivity contribution is -0.235. The molecule has 6 heteroatoms. The van der Waals surface area contributed by atoms with Gasteiger partial charge in [-0.2, -0.15) is 0 Å². The molecule has 0 fully saturated rings. The van der Waals surface area contributed by atoms with Crippen LogP contribution in [0.3, 0.4) is 0 Å². The minimum absolute atomic E-state index is 0.115. The van der Waals surface area contributed by atoms with Crippen molar-refractivity contribution >= 4 is 7.60 Å². The van der Waals surface area contributed by atoms with Gasteiger partial charge in [0.1, 0.15) is 0 Å². The molecule has 2 atom stereocenters. The smallest absolute Gasteiger partial charge is 0.395 e. The highest BCUT2D eigenvalue weighted by atomic mass is 31.2. The number of hydrogen-bond donors (Lipinski definition) is 0. The third kappa shape index (κ3) is 3.38. The highest BCUT2D eigenvalue weighted by molar-refractivity contribution is 7.58. The van der Waals surface area contributed by atoms with Gasteiger partial charge in [0.25, 0.3) is 0 Å². The van der Waals surface area contributed by atoms with Crippen molar-refractivity contribution in [3.05, 3.63) is 47.0 Å². The largest absolute Gasteiger partial charge is 0.449 e. The van der Waals surface area contributed by atoms with E-state index >= 15 is 0 Å². The van der Waals surface area contributed by atoms with Crippen LogP contribution in [0.25, 0.3) is 0 Å². The van der Waals surface area contributed by atoms with Gasteiger partial charge in [-0.1, -0.05) is 37.3 Å². The number of benzene rings is 1. The Morgan fingerprint density at radius 1 is 1.26 bits per heavy atom. The van der Waals surface area contributed by atoms with Crippen molar-refractivity contribution < 1.29 is 23.1 Å². The molecule has 0 amide bonds. The first-order valence-electron chi connectivity index (χ1n) is 7.73. The second-order valence-electron chi connectivity index (χ2n) is 5.61. The van der Waals surface area contributed by atoms with Gasteiger partial charge in [0.2, 0.25) is 11.3 Å². The zero-order chi connectivity index (χ0) is 17.1. The van der Waals surface area contributed by atoms with Crippen molar-refractivity contribution in [2.24, 2.45) is 5.92 Å². The van der Waals surface area contributed by atoms with Gasteiger partial charge in [0.05, 0.1) is 0 Å². The summed E-state index contributed by atoms with van der Waals surface area (Å²) in [5.74, 6) is -0.874. The second kappa shape index (κ2) is 7.18. The average Bonchev–Trinajstić information content (AvgIpc) is 2.58. The number of allylic oxidation sites excluding steroid dienone is 1. The normalized spacial score (nSPS) is 25.3. The van der Waals surface area contributed by atoms with Gasteiger partial charge in [-0.05, 0) is 25.3 Å². The van der Waals surface area contributed by atoms with Crippen LogP contribution in [0.4, 0.5) is 0 Å². The lowest BCUT2D eigenvalue weighted by Gasteiger charge is -2.42. The van der Waals surface area contributed by atoms with Crippen molar-refractivity contribution in [2.75, 3.05) is 20.8 Å². The zero-order valence-corrected chi connectivity index (χ0v) is 15.3. The molecule has 5 nitrogen and oxygen atoms in total. The summed E-state index contributed by atoms with van der Waals surface area (Å²) in [6.07, 6.45) is 0.633. The van der Waals surface area contributed by atoms with Gasteiger partial charge in [-0.15, -0.1) is 0 Å². The Bertz CT molecular complexity index is 605. The van der Waals surface area contributed by atoms with Crippen LogP contribution in [-0.2, 0) is 28.9 Å². The molecule has 1 aliphatic rings. The molecule has 0 N–H and O–H groups in total. The van der Waals surface area contributed by atoms with Crippen LogP contribution >= 0.6 is 7.60 Å². The quantitative estimate of drug-likeness (QED) is 0.706. The lowest BCUT2D eigenvalue weighted by atomic mass is 9.88. The van der Waals surface area contributed by atoms with E-state index in [0.717, 1.165) is 11.1 Å². The Hall–Kier alpha value is -1.13. The Balaban J connectivity index is 2.55. The maximum absolute atomic E-state index is 12.9. The second-order valence-corrected chi connectivity index (χ2v) is 7.74. The molecule has 0 unspecified atom stereocenters. The average molecular weight is 340 g/mol. The molecular formula is C17H25O5P. The number of hydrogen-bond acceptors (Lipinski definition) is 5. The van der Waals surface area contributed by atoms with Crippen LogP contribution in [-0.4, -0.2) is 20.8 Å². The van der Waals surface area contributed by atoms with Gasteiger partial charge in [-0.3, -0.25) is 4.57 Å². The Labute approximate surface area is 138 Å². The summed E-state index contributed by atoms with van der Waals surface area (Å²) in [4.78, 5) is 0. The van der Waals surface area contributed by atoms with Crippen molar-refractivity contribution in [1.82, 2.24) is 0 Å². The molecule has 23 heavy (non-hydrogen) atoms. The first-order chi connectivity index (χ1) is 10.9. The summed E-state index contributed by atoms with van der Waals surface area (Å²) >= 11 is 0. The van der Waals surface area contributed by atoms with E-state index in [1.807, 2.05) is 44.2 Å². The zero-order valence-electron chi connectivity index (χ0n) is 14.4. The molecule has 0 saturated carbocycles. The van der Waals surface area contributed by atoms with E-state index < -0.39 is 13.4 Å². The van der Waals surface area contributed by atoms with Crippen LogP contribution in [0.1, 0.15) is 32.8 Å². The van der Waals surface area contributed by atoms with Gasteiger partial charge < -0.3 is 18.5 Å². The fourth-order valence-corrected chi connectivity index (χ4v) is 4.22. The predicted molar refractivity (Wildman–Crippen MR) is 88.9 cm³/mol. The summed E-state index contributed by atoms with van der Waals surface area (Å²) in [5, 5.41) is 0. The van der Waals surface area contributed by atoms with Crippen molar-refractivity contribution in [1.29, 1.82) is 0 Å². The minimum Gasteiger partial charge on any atom is -0.449 e. The van der Waals surface area contributed by atoms with Gasteiger partial charge in [0, 0.05) is 32.8 Å². The van der Waals surface area contributed by atoms with Gasteiger partial charge in [-0.25, -0.2) is 0 Å². The predicted octanol–water partition coefficient (Wildman–Crippen LogP) is 4.65. The number of ether oxygens (including phenoxy) is 2. The SMILES string of the molecule is CCO[C@@]1(c2ccccc2)C[C@@H](C)C(C)=C(P(=O)(OC)OC)O1. The monoisotopic (exact) mass is 340 g/mol. The topological polar surface area (TPSA) is 54.0 Å². The van der Waals surface area contributed by atoms with Gasteiger partial charge in [0.15, 0.2) is 0 Å². The van der Waals surface area contributed by atoms with Crippen molar-refractivity contribution in [2.45, 2.75) is 33.0 Å². The summed E-state index contributed by atoms with van der Waals surface area (Å²) in [6.45, 7) is 6.34. The molecule has 1 heterocycles. The molecule has 128 valence electrons. The number of rotatable bonds is 6. The molecular weight excluding hydrogens is 315 g/mol. The fraction of sp³-hybridized carbons (Fsp3) is 0.529. The molecule has 0 aromatic heterocycles. The molecule has 1 aliphatic heterocycles. The molecule has 0 radical (unpaired) electrons. The van der Waals surface area contributed by atoms with Crippen molar-refractivity contribution in [3.63, 3.8) is 0 Å². The first-order valence-corrected chi connectivity index (χ1v) is 9.28. The summed E-state index contributed by atoms with van der Waals surface area (Å²) in [5.41, 5.74) is 2.00. The standard InChI is InChI=1S/C17H25O5P/c1-6-21-17(15-10-8-7-9-11-15)12-13(2)14(3)16(22-17)23(18,19-4)20-5/h7-11,13H,6,12H2,1-5H3/t13-,17+/m1/s1. The summed E-state index contributed by atoms with van der Waals surface area (Å²) in [7, 11) is -0.778. The summed E-state index contributed by atoms with van der Waals surface area (Å²) in [6, 6.07) is 9.70. The third-order valence-corrected chi connectivity index (χ3v) is 6.14. The van der Waals surface area contributed by atoms with E-state index in [9.17, 15) is 4.57 Å². The van der Waals surface area contributed by atoms with Crippen LogP contribution in [0.5, 0.6) is 0 Å². The highest BCUT2D eigenvalue weighted by Crippen LogP contribution is 2.61. The maximum Gasteiger partial charge on any atom is 0.395 e. The molecule has 2 rings (SSSR count). The first kappa shape index (κ1) is 18.2. The molecule has 0 saturated heterocycles. The van der Waals surface area contributed by atoms with Crippen LogP contribution in [0.2, 0.25) is 0 Å². The molecule has 0 bridgehead atoms. The van der Waals surface area contributed by atoms with Gasteiger partial charge >= 0.3 is 7.60 Å². The molecule has 0 aliphatic carbocycles. The van der Waals surface area contributed by atoms with E-state index in [4.69, 9.17) is 18.5 Å². The fourth-order valence-electron chi connectivity index (χ4n) is 2.83. The van der Waals surface area contributed by atoms with Crippen LogP contribution < -0.4 is 0 Å². The van der Waals surface area contributed by atoms with E-state index in [-0.39, 0.29) is 11.4 Å². The Morgan fingerprint density at radius 3 is 2.39 bits per heavy atom. The van der Waals surface area contributed by atoms with E-state index in [0.29, 0.717) is 13.0 Å². The third-order valence-electron chi connectivity index (χ3n) is 4.23. The molecule has 0 spiro atoms. The van der Waals surface area contributed by atoms with E-state index in [2.05, 4.69) is 6.92 Å². The van der Waals surface area contributed by atoms with Crippen LogP contribution in [0.15, 0.2) is 41.4 Å². The Kier molecular flexibility index (Phi) is 5.69. The lowest BCUT2D eigenvalue weighted by Crippen LogP contribution is -2.38. The molecule has 1 aromatic rings. The minimum atomic E-state index is -3.50. The highest BCUT2D eigenvalue weighted by Gasteiger charge is 2.47. The van der Waals surface area contributed by atoms with Crippen LogP contribution in [0, 0.1) is 5.92 Å². The van der Waals surface area contributed by atoms with Crippen molar-refractivity contribution in [3.8, 4) is 0 Å². The maximum atomic E-state index is 12.9. The summed E-state index contributed by atoms with van der Waals surface area (Å²) < 4.78 is 35.4. The molecule has 1 aromatic carbocycles. The Morgan fingerprint density at radius 2 is 1.87 bits per heavy atom. The van der Waals surface area contributed by atoms with E-state index in [1.165, 1.54) is 14.2 Å².